The van der Waals surface area contributed by atoms with E-state index in [1.54, 1.807) is 6.92 Å². The van der Waals surface area contributed by atoms with Gasteiger partial charge < -0.3 is 30.6 Å². The molecule has 0 bridgehead atoms. The van der Waals surface area contributed by atoms with Crippen LogP contribution in [0.4, 0.5) is 0 Å². The number of aliphatic hydroxyl groups excluding tert-OH is 6. The van der Waals surface area contributed by atoms with E-state index in [2.05, 4.69) is 6.92 Å². The van der Waals surface area contributed by atoms with Crippen LogP contribution in [-0.4, -0.2) is 84.6 Å². The van der Waals surface area contributed by atoms with Crippen molar-refractivity contribution >= 4 is 17.3 Å². The number of ketones is 3. The quantitative estimate of drug-likeness (QED) is 0.0542. The predicted octanol–water partition coefficient (Wildman–Crippen LogP) is 5.26. The second kappa shape index (κ2) is 28.0. The zero-order chi connectivity index (χ0) is 33.2. The summed E-state index contributed by atoms with van der Waals surface area (Å²) in [7, 11) is 0. The maximum atomic E-state index is 12.2. The number of rotatable bonds is 32. The van der Waals surface area contributed by atoms with E-state index in [4.69, 9.17) is 0 Å². The Morgan fingerprint density at radius 3 is 1.11 bits per heavy atom. The van der Waals surface area contributed by atoms with Gasteiger partial charge in [0.15, 0.2) is 0 Å². The van der Waals surface area contributed by atoms with Crippen molar-refractivity contribution in [3.63, 3.8) is 0 Å². The Kier molecular flexibility index (Phi) is 27.2. The highest BCUT2D eigenvalue weighted by Gasteiger charge is 2.15. The maximum Gasteiger partial charge on any atom is 0.135 e. The van der Waals surface area contributed by atoms with Crippen LogP contribution in [0.15, 0.2) is 0 Å². The molecule has 0 aromatic carbocycles. The highest BCUT2D eigenvalue weighted by Crippen LogP contribution is 2.16. The maximum absolute atomic E-state index is 12.2. The number of carbonyl (C=O) groups is 3. The minimum atomic E-state index is -0.718. The summed E-state index contributed by atoms with van der Waals surface area (Å²) in [5, 5.41) is 59.2. The highest BCUT2D eigenvalue weighted by atomic mass is 16.3. The van der Waals surface area contributed by atoms with Gasteiger partial charge >= 0.3 is 0 Å². The van der Waals surface area contributed by atoms with E-state index >= 15 is 0 Å². The molecular weight excluding hydrogens is 564 g/mol. The molecule has 260 valence electrons. The Morgan fingerprint density at radius 1 is 0.432 bits per heavy atom. The van der Waals surface area contributed by atoms with Gasteiger partial charge in [0.05, 0.1) is 36.6 Å². The monoisotopic (exact) mass is 630 g/mol. The van der Waals surface area contributed by atoms with Gasteiger partial charge in [0, 0.05) is 38.5 Å². The molecule has 0 rings (SSSR count). The van der Waals surface area contributed by atoms with Gasteiger partial charge in [0.25, 0.3) is 0 Å². The van der Waals surface area contributed by atoms with Gasteiger partial charge in [-0.3, -0.25) is 14.4 Å². The first-order valence-electron chi connectivity index (χ1n) is 17.6. The molecule has 6 atom stereocenters. The molecular formula is C35H66O9. The Morgan fingerprint density at radius 2 is 0.773 bits per heavy atom. The standard InChI is InChI=1S/C35H66O9/c1-3-4-8-15-28(37)23-29(38)16-9-5-10-17-30(39)24-31(40)18-11-6-12-19-32(41)25-33(42)20-13-7-14-21-34(43)26-35(44)22-27(2)36/h27-28,30,32,34-37,39,41,43-44H,3-26H2,1-2H3/t27-,28-,30-,32-,34-,35+/m0/s1. The van der Waals surface area contributed by atoms with Crippen molar-refractivity contribution in [3.05, 3.63) is 0 Å². The lowest BCUT2D eigenvalue weighted by molar-refractivity contribution is -0.122. The van der Waals surface area contributed by atoms with Gasteiger partial charge in [-0.1, -0.05) is 64.7 Å². The van der Waals surface area contributed by atoms with E-state index in [0.717, 1.165) is 64.2 Å². The second-order valence-corrected chi connectivity index (χ2v) is 13.1. The highest BCUT2D eigenvalue weighted by molar-refractivity contribution is 5.79. The van der Waals surface area contributed by atoms with Crippen LogP contribution in [0.3, 0.4) is 0 Å². The van der Waals surface area contributed by atoms with Crippen molar-refractivity contribution in [2.24, 2.45) is 0 Å². The van der Waals surface area contributed by atoms with Gasteiger partial charge in [-0.15, -0.1) is 0 Å². The predicted molar refractivity (Wildman–Crippen MR) is 173 cm³/mol. The molecule has 0 fully saturated rings. The largest absolute Gasteiger partial charge is 0.393 e. The molecule has 44 heavy (non-hydrogen) atoms. The van der Waals surface area contributed by atoms with Crippen LogP contribution in [0.25, 0.3) is 0 Å². The van der Waals surface area contributed by atoms with Crippen LogP contribution in [0.1, 0.15) is 168 Å². The van der Waals surface area contributed by atoms with Crippen molar-refractivity contribution < 1.29 is 45.0 Å². The molecule has 0 spiro atoms. The molecule has 0 aliphatic heterocycles. The number of hydrogen-bond donors (Lipinski definition) is 6. The van der Waals surface area contributed by atoms with Gasteiger partial charge in [0.2, 0.25) is 0 Å². The fourth-order valence-corrected chi connectivity index (χ4v) is 5.59. The summed E-state index contributed by atoms with van der Waals surface area (Å²) in [6, 6.07) is 0. The fraction of sp³-hybridized carbons (Fsp3) is 0.914. The summed E-state index contributed by atoms with van der Waals surface area (Å²) in [5.41, 5.74) is 0. The average Bonchev–Trinajstić information content (AvgIpc) is 2.91. The molecule has 0 amide bonds. The van der Waals surface area contributed by atoms with Crippen LogP contribution in [-0.2, 0) is 14.4 Å². The Hall–Kier alpha value is -1.23. The number of unbranched alkanes of at least 4 members (excludes halogenated alkanes) is 8. The van der Waals surface area contributed by atoms with Gasteiger partial charge in [-0.2, -0.15) is 0 Å². The summed E-state index contributed by atoms with van der Waals surface area (Å²) in [5.74, 6) is 0.148. The van der Waals surface area contributed by atoms with E-state index in [1.807, 2.05) is 0 Å². The third-order valence-electron chi connectivity index (χ3n) is 8.17. The topological polar surface area (TPSA) is 173 Å². The number of Topliss-reactive ketones (excluding diaryl/α,β-unsaturated/α-hetero) is 3. The summed E-state index contributed by atoms with van der Waals surface area (Å²) in [4.78, 5) is 36.3. The van der Waals surface area contributed by atoms with Gasteiger partial charge in [-0.05, 0) is 64.7 Å². The van der Waals surface area contributed by atoms with Gasteiger partial charge in [0.1, 0.15) is 17.3 Å². The third-order valence-corrected chi connectivity index (χ3v) is 8.17. The minimum absolute atomic E-state index is 0.0257. The third kappa shape index (κ3) is 28.3. The Labute approximate surface area is 266 Å². The van der Waals surface area contributed by atoms with E-state index in [9.17, 15) is 45.0 Å². The van der Waals surface area contributed by atoms with Gasteiger partial charge in [-0.25, -0.2) is 0 Å². The SMILES string of the molecule is CCCCC[C@H](O)CC(=O)CCCCC[C@H](O)CC(=O)CCCCC[C@H](O)CC(=O)CCCCC[C@H](O)C[C@H](O)C[C@H](C)O. The fourth-order valence-electron chi connectivity index (χ4n) is 5.59. The molecule has 0 aliphatic carbocycles. The first-order valence-corrected chi connectivity index (χ1v) is 17.6. The van der Waals surface area contributed by atoms with Crippen molar-refractivity contribution in [1.82, 2.24) is 0 Å². The molecule has 0 radical (unpaired) electrons. The van der Waals surface area contributed by atoms with Crippen LogP contribution in [0.5, 0.6) is 0 Å². The molecule has 0 saturated carbocycles. The van der Waals surface area contributed by atoms with E-state index in [1.165, 1.54) is 0 Å². The number of aliphatic hydroxyl groups is 6. The second-order valence-electron chi connectivity index (χ2n) is 13.1. The van der Waals surface area contributed by atoms with Crippen LogP contribution in [0.2, 0.25) is 0 Å². The summed E-state index contributed by atoms with van der Waals surface area (Å²) in [6.07, 6.45) is 10.6. The molecule has 0 aromatic heterocycles. The van der Waals surface area contributed by atoms with Crippen LogP contribution in [0, 0.1) is 0 Å². The molecule has 0 unspecified atom stereocenters. The number of hydrogen-bond acceptors (Lipinski definition) is 9. The molecule has 0 aliphatic rings. The first-order chi connectivity index (χ1) is 20.9. The summed E-state index contributed by atoms with van der Waals surface area (Å²) < 4.78 is 0. The molecule has 0 aromatic rings. The zero-order valence-electron chi connectivity index (χ0n) is 27.8. The van der Waals surface area contributed by atoms with Crippen molar-refractivity contribution in [2.75, 3.05) is 0 Å². The van der Waals surface area contributed by atoms with Crippen molar-refractivity contribution in [2.45, 2.75) is 205 Å². The molecule has 9 nitrogen and oxygen atoms in total. The summed E-state index contributed by atoms with van der Waals surface area (Å²) in [6.45, 7) is 3.71. The van der Waals surface area contributed by atoms with E-state index in [0.29, 0.717) is 57.8 Å². The smallest absolute Gasteiger partial charge is 0.135 e. The van der Waals surface area contributed by atoms with Crippen LogP contribution < -0.4 is 0 Å². The lowest BCUT2D eigenvalue weighted by Crippen LogP contribution is -2.21. The van der Waals surface area contributed by atoms with Crippen LogP contribution >= 0.6 is 0 Å². The van der Waals surface area contributed by atoms with Crippen molar-refractivity contribution in [3.8, 4) is 0 Å². The minimum Gasteiger partial charge on any atom is -0.393 e. The Balaban J connectivity index is 3.72. The van der Waals surface area contributed by atoms with Crippen molar-refractivity contribution in [1.29, 1.82) is 0 Å². The first kappa shape index (κ1) is 42.8. The zero-order valence-corrected chi connectivity index (χ0v) is 27.8. The molecule has 9 heteroatoms. The molecule has 0 saturated heterocycles. The molecule has 6 N–H and O–H groups in total. The van der Waals surface area contributed by atoms with E-state index < -0.39 is 36.6 Å². The normalized spacial score (nSPS) is 15.8. The number of carbonyl (C=O) groups excluding carboxylic acids is 3. The van der Waals surface area contributed by atoms with E-state index in [-0.39, 0.29) is 49.5 Å². The lowest BCUT2D eigenvalue weighted by atomic mass is 9.98. The Bertz CT molecular complexity index is 727. The average molecular weight is 631 g/mol. The summed E-state index contributed by atoms with van der Waals surface area (Å²) >= 11 is 0. The molecule has 0 heterocycles. The lowest BCUT2D eigenvalue weighted by Gasteiger charge is -2.16.